The summed E-state index contributed by atoms with van der Waals surface area (Å²) in [5.74, 6) is 2.61. The average Bonchev–Trinajstić information content (AvgIpc) is 2.90. The molecule has 0 saturated carbocycles. The van der Waals surface area contributed by atoms with Crippen LogP contribution < -0.4 is 14.8 Å². The SMILES string of the molecule is COc1ccc(C2CCc3cc(O)ccc3C2)c(NCCCc2ccc(OCC(C)(C)N(C)C)cc2)c1. The van der Waals surface area contributed by atoms with Crippen molar-refractivity contribution in [3.8, 4) is 17.2 Å². The molecule has 1 atom stereocenters. The van der Waals surface area contributed by atoms with Gasteiger partial charge in [-0.2, -0.15) is 0 Å². The molecular weight excluding hydrogens is 460 g/mol. The fourth-order valence-corrected chi connectivity index (χ4v) is 4.84. The first-order valence-electron chi connectivity index (χ1n) is 13.4. The van der Waals surface area contributed by atoms with Gasteiger partial charge in [-0.05, 0) is 119 Å². The number of methoxy groups -OCH3 is 1. The van der Waals surface area contributed by atoms with E-state index < -0.39 is 0 Å². The Morgan fingerprint density at radius 3 is 2.46 bits per heavy atom. The average molecular weight is 503 g/mol. The molecule has 5 heteroatoms. The molecule has 0 heterocycles. The number of aryl methyl sites for hydroxylation is 2. The summed E-state index contributed by atoms with van der Waals surface area (Å²) < 4.78 is 11.5. The van der Waals surface area contributed by atoms with Crippen LogP contribution in [-0.4, -0.2) is 49.9 Å². The highest BCUT2D eigenvalue weighted by molar-refractivity contribution is 5.57. The lowest BCUT2D eigenvalue weighted by Crippen LogP contribution is -2.43. The maximum Gasteiger partial charge on any atom is 0.120 e. The summed E-state index contributed by atoms with van der Waals surface area (Å²) in [5, 5.41) is 13.5. The highest BCUT2D eigenvalue weighted by Crippen LogP contribution is 2.38. The Bertz CT molecular complexity index is 1170. The number of nitrogens with one attached hydrogen (secondary N) is 1. The molecule has 0 bridgehead atoms. The van der Waals surface area contributed by atoms with Crippen molar-refractivity contribution in [2.75, 3.05) is 39.7 Å². The van der Waals surface area contributed by atoms with Gasteiger partial charge in [0.05, 0.1) is 7.11 Å². The predicted octanol–water partition coefficient (Wildman–Crippen LogP) is 6.44. The van der Waals surface area contributed by atoms with Gasteiger partial charge in [-0.3, -0.25) is 0 Å². The van der Waals surface area contributed by atoms with Crippen LogP contribution >= 0.6 is 0 Å². The molecule has 0 amide bonds. The van der Waals surface area contributed by atoms with E-state index in [9.17, 15) is 5.11 Å². The van der Waals surface area contributed by atoms with Crippen molar-refractivity contribution < 1.29 is 14.6 Å². The zero-order valence-electron chi connectivity index (χ0n) is 23.0. The molecule has 3 aromatic carbocycles. The van der Waals surface area contributed by atoms with E-state index in [1.54, 1.807) is 13.2 Å². The van der Waals surface area contributed by atoms with Crippen molar-refractivity contribution in [3.05, 3.63) is 82.9 Å². The maximum absolute atomic E-state index is 9.83. The van der Waals surface area contributed by atoms with Crippen LogP contribution in [0.4, 0.5) is 5.69 Å². The monoisotopic (exact) mass is 502 g/mol. The molecule has 37 heavy (non-hydrogen) atoms. The molecule has 198 valence electrons. The lowest BCUT2D eigenvalue weighted by molar-refractivity contribution is 0.114. The second-order valence-electron chi connectivity index (χ2n) is 11.0. The van der Waals surface area contributed by atoms with Crippen molar-refractivity contribution in [2.24, 2.45) is 0 Å². The van der Waals surface area contributed by atoms with Gasteiger partial charge in [0.1, 0.15) is 23.9 Å². The molecule has 0 fully saturated rings. The summed E-state index contributed by atoms with van der Waals surface area (Å²) in [6.45, 7) is 5.91. The van der Waals surface area contributed by atoms with E-state index in [4.69, 9.17) is 9.47 Å². The fraction of sp³-hybridized carbons (Fsp3) is 0.438. The van der Waals surface area contributed by atoms with Crippen molar-refractivity contribution >= 4 is 5.69 Å². The number of phenols is 1. The maximum atomic E-state index is 9.83. The fourth-order valence-electron chi connectivity index (χ4n) is 4.84. The zero-order valence-corrected chi connectivity index (χ0v) is 23.0. The van der Waals surface area contributed by atoms with E-state index in [1.165, 1.54) is 27.9 Å². The van der Waals surface area contributed by atoms with Gasteiger partial charge in [0.15, 0.2) is 0 Å². The second kappa shape index (κ2) is 11.9. The summed E-state index contributed by atoms with van der Waals surface area (Å²) in [6.07, 6.45) is 5.12. The van der Waals surface area contributed by atoms with Crippen LogP contribution in [-0.2, 0) is 19.3 Å². The Kier molecular flexibility index (Phi) is 8.65. The molecule has 5 nitrogen and oxygen atoms in total. The van der Waals surface area contributed by atoms with E-state index in [0.717, 1.165) is 50.1 Å². The van der Waals surface area contributed by atoms with E-state index in [2.05, 4.69) is 86.7 Å². The topological polar surface area (TPSA) is 54.0 Å². The summed E-state index contributed by atoms with van der Waals surface area (Å²) in [7, 11) is 5.88. The van der Waals surface area contributed by atoms with Gasteiger partial charge in [0.2, 0.25) is 0 Å². The van der Waals surface area contributed by atoms with Crippen LogP contribution in [0.2, 0.25) is 0 Å². The number of aromatic hydroxyl groups is 1. The van der Waals surface area contributed by atoms with Crippen molar-refractivity contribution in [1.29, 1.82) is 0 Å². The first-order chi connectivity index (χ1) is 17.7. The van der Waals surface area contributed by atoms with Gasteiger partial charge in [0, 0.05) is 23.8 Å². The minimum atomic E-state index is -0.00666. The van der Waals surface area contributed by atoms with Gasteiger partial charge in [-0.15, -0.1) is 0 Å². The van der Waals surface area contributed by atoms with Crippen LogP contribution in [0.1, 0.15) is 54.9 Å². The second-order valence-corrected chi connectivity index (χ2v) is 11.0. The normalized spacial score (nSPS) is 15.4. The number of fused-ring (bicyclic) bond motifs is 1. The third kappa shape index (κ3) is 6.98. The number of hydrogen-bond donors (Lipinski definition) is 2. The molecule has 2 N–H and O–H groups in total. The van der Waals surface area contributed by atoms with Crippen molar-refractivity contribution in [3.63, 3.8) is 0 Å². The summed E-state index contributed by atoms with van der Waals surface area (Å²) in [6, 6.07) is 20.7. The Morgan fingerprint density at radius 1 is 0.973 bits per heavy atom. The lowest BCUT2D eigenvalue weighted by atomic mass is 9.79. The number of rotatable bonds is 11. The highest BCUT2D eigenvalue weighted by atomic mass is 16.5. The van der Waals surface area contributed by atoms with Gasteiger partial charge < -0.3 is 24.8 Å². The number of anilines is 1. The Balaban J connectivity index is 1.33. The third-order valence-corrected chi connectivity index (χ3v) is 7.80. The minimum Gasteiger partial charge on any atom is -0.508 e. The summed E-state index contributed by atoms with van der Waals surface area (Å²) in [5.41, 5.74) is 6.44. The lowest BCUT2D eigenvalue weighted by Gasteiger charge is -2.32. The number of nitrogens with zero attached hydrogens (tertiary/aromatic N) is 1. The van der Waals surface area contributed by atoms with Crippen molar-refractivity contribution in [2.45, 2.75) is 57.4 Å². The van der Waals surface area contributed by atoms with Crippen LogP contribution in [0, 0.1) is 0 Å². The third-order valence-electron chi connectivity index (χ3n) is 7.80. The van der Waals surface area contributed by atoms with Crippen LogP contribution in [0.3, 0.4) is 0 Å². The molecule has 1 aliphatic carbocycles. The molecule has 0 spiro atoms. The van der Waals surface area contributed by atoms with Gasteiger partial charge in [-0.25, -0.2) is 0 Å². The first-order valence-corrected chi connectivity index (χ1v) is 13.4. The first kappa shape index (κ1) is 26.9. The van der Waals surface area contributed by atoms with E-state index in [1.807, 2.05) is 6.07 Å². The molecule has 1 unspecified atom stereocenters. The molecule has 3 aromatic rings. The van der Waals surface area contributed by atoms with Crippen LogP contribution in [0.25, 0.3) is 0 Å². The number of phenolic OH excluding ortho intramolecular Hbond substituents is 1. The zero-order chi connectivity index (χ0) is 26.4. The molecule has 1 aliphatic rings. The predicted molar refractivity (Wildman–Crippen MR) is 152 cm³/mol. The number of likely N-dealkylation sites (N-methyl/N-ethyl adjacent to an activating group) is 1. The number of ether oxygens (including phenoxy) is 2. The standard InChI is InChI=1S/C32H42N2O3/c1-32(2,34(3)4)22-37-28-14-8-23(9-15-28)7-6-18-33-31-21-29(36-5)16-17-30(31)26-11-10-25-20-27(35)13-12-24(25)19-26/h8-9,12-17,20-21,26,33,35H,6-7,10-11,18-19,22H2,1-5H3. The number of benzene rings is 3. The Hall–Kier alpha value is -3.18. The molecular formula is C32H42N2O3. The van der Waals surface area contributed by atoms with Crippen LogP contribution in [0.5, 0.6) is 17.2 Å². The number of hydrogen-bond acceptors (Lipinski definition) is 5. The Morgan fingerprint density at radius 2 is 1.73 bits per heavy atom. The smallest absolute Gasteiger partial charge is 0.120 e. The molecule has 4 rings (SSSR count). The van der Waals surface area contributed by atoms with Gasteiger partial charge in [0.25, 0.3) is 0 Å². The Labute approximate surface area is 222 Å². The summed E-state index contributed by atoms with van der Waals surface area (Å²) >= 11 is 0. The molecule has 0 radical (unpaired) electrons. The molecule has 0 aliphatic heterocycles. The van der Waals surface area contributed by atoms with Crippen LogP contribution in [0.15, 0.2) is 60.7 Å². The molecule has 0 aromatic heterocycles. The van der Waals surface area contributed by atoms with E-state index >= 15 is 0 Å². The van der Waals surface area contributed by atoms with Crippen molar-refractivity contribution in [1.82, 2.24) is 4.90 Å². The minimum absolute atomic E-state index is 0.00666. The quantitative estimate of drug-likeness (QED) is 0.296. The molecule has 0 saturated heterocycles. The highest BCUT2D eigenvalue weighted by Gasteiger charge is 2.23. The summed E-state index contributed by atoms with van der Waals surface area (Å²) in [4.78, 5) is 2.18. The van der Waals surface area contributed by atoms with Gasteiger partial charge in [-0.1, -0.05) is 24.3 Å². The largest absolute Gasteiger partial charge is 0.508 e. The van der Waals surface area contributed by atoms with E-state index in [0.29, 0.717) is 18.3 Å². The van der Waals surface area contributed by atoms with Gasteiger partial charge >= 0.3 is 0 Å². The van der Waals surface area contributed by atoms with E-state index in [-0.39, 0.29) is 5.54 Å².